The molecule has 0 radical (unpaired) electrons. The van der Waals surface area contributed by atoms with Crippen molar-refractivity contribution in [2.24, 2.45) is 0 Å². The Hall–Kier alpha value is -0.120. The van der Waals surface area contributed by atoms with E-state index in [0.717, 1.165) is 26.2 Å². The summed E-state index contributed by atoms with van der Waals surface area (Å²) >= 11 is 0. The molecule has 0 saturated carbocycles. The number of likely N-dealkylation sites (N-methyl/N-ethyl adjacent to an activating group) is 2. The van der Waals surface area contributed by atoms with Gasteiger partial charge in [-0.15, -0.1) is 0 Å². The molecule has 12 heavy (non-hydrogen) atoms. The maximum Gasteiger partial charge on any atom is 0.0615 e. The summed E-state index contributed by atoms with van der Waals surface area (Å²) in [6.45, 7) is 8.42. The Morgan fingerprint density at radius 2 is 2.17 bits per heavy atom. The smallest absolute Gasteiger partial charge is 0.0615 e. The van der Waals surface area contributed by atoms with Gasteiger partial charge in [0.2, 0.25) is 0 Å². The zero-order valence-corrected chi connectivity index (χ0v) is 8.76. The number of nitrogens with zero attached hydrogens (tertiary/aromatic N) is 1. The molecule has 0 rings (SSSR count). The van der Waals surface area contributed by atoms with Crippen LogP contribution in [0.1, 0.15) is 13.8 Å². The van der Waals surface area contributed by atoms with Crippen LogP contribution in [0.5, 0.6) is 0 Å². The molecule has 0 aromatic carbocycles. The van der Waals surface area contributed by atoms with Gasteiger partial charge in [-0.05, 0) is 20.5 Å². The van der Waals surface area contributed by atoms with E-state index in [9.17, 15) is 0 Å². The summed E-state index contributed by atoms with van der Waals surface area (Å²) in [5.74, 6) is 0. The van der Waals surface area contributed by atoms with Crippen molar-refractivity contribution in [3.8, 4) is 0 Å². The standard InChI is InChI=1S/C9H22N2O/c1-5-11(7-6-10-3)9(2)8-12-4/h9-10H,5-8H2,1-4H3. The van der Waals surface area contributed by atoms with Crippen LogP contribution < -0.4 is 5.32 Å². The lowest BCUT2D eigenvalue weighted by Gasteiger charge is -2.26. The minimum Gasteiger partial charge on any atom is -0.383 e. The van der Waals surface area contributed by atoms with Gasteiger partial charge in [0, 0.05) is 26.2 Å². The molecule has 0 aromatic heterocycles. The van der Waals surface area contributed by atoms with Crippen LogP contribution in [0.15, 0.2) is 0 Å². The van der Waals surface area contributed by atoms with Crippen molar-refractivity contribution >= 4 is 0 Å². The second-order valence-electron chi connectivity index (χ2n) is 3.04. The maximum absolute atomic E-state index is 5.10. The Labute approximate surface area is 76.1 Å². The number of nitrogens with one attached hydrogen (secondary N) is 1. The first-order valence-corrected chi connectivity index (χ1v) is 4.63. The van der Waals surface area contributed by atoms with Crippen LogP contribution in [0.2, 0.25) is 0 Å². The summed E-state index contributed by atoms with van der Waals surface area (Å²) in [7, 11) is 3.73. The lowest BCUT2D eigenvalue weighted by atomic mass is 10.3. The average molecular weight is 174 g/mol. The Kier molecular flexibility index (Phi) is 7.45. The molecule has 1 atom stereocenters. The van der Waals surface area contributed by atoms with Crippen LogP contribution in [-0.4, -0.2) is 51.3 Å². The van der Waals surface area contributed by atoms with E-state index in [4.69, 9.17) is 4.74 Å². The minimum absolute atomic E-state index is 0.522. The largest absolute Gasteiger partial charge is 0.383 e. The Morgan fingerprint density at radius 1 is 1.50 bits per heavy atom. The maximum atomic E-state index is 5.10. The van der Waals surface area contributed by atoms with Crippen LogP contribution >= 0.6 is 0 Å². The Morgan fingerprint density at radius 3 is 2.58 bits per heavy atom. The van der Waals surface area contributed by atoms with Gasteiger partial charge in [0.25, 0.3) is 0 Å². The molecule has 0 aliphatic heterocycles. The summed E-state index contributed by atoms with van der Waals surface area (Å²) in [6.07, 6.45) is 0. The van der Waals surface area contributed by atoms with Crippen LogP contribution in [0.25, 0.3) is 0 Å². The van der Waals surface area contributed by atoms with Crippen LogP contribution in [0.3, 0.4) is 0 Å². The number of ether oxygens (including phenoxy) is 1. The van der Waals surface area contributed by atoms with Crippen molar-refractivity contribution < 1.29 is 4.74 Å². The molecule has 0 amide bonds. The molecule has 0 heterocycles. The highest BCUT2D eigenvalue weighted by Crippen LogP contribution is 1.97. The summed E-state index contributed by atoms with van der Waals surface area (Å²) in [6, 6.07) is 0.522. The van der Waals surface area contributed by atoms with Crippen molar-refractivity contribution in [1.29, 1.82) is 0 Å². The van der Waals surface area contributed by atoms with E-state index >= 15 is 0 Å². The van der Waals surface area contributed by atoms with Crippen LogP contribution in [0, 0.1) is 0 Å². The quantitative estimate of drug-likeness (QED) is 0.610. The fourth-order valence-electron chi connectivity index (χ4n) is 1.29. The molecule has 3 nitrogen and oxygen atoms in total. The molecule has 0 bridgehead atoms. The molecule has 0 saturated heterocycles. The fraction of sp³-hybridized carbons (Fsp3) is 1.00. The van der Waals surface area contributed by atoms with Gasteiger partial charge in [-0.25, -0.2) is 0 Å². The average Bonchev–Trinajstić information content (AvgIpc) is 2.06. The van der Waals surface area contributed by atoms with Crippen molar-refractivity contribution in [2.75, 3.05) is 40.4 Å². The predicted molar refractivity (Wildman–Crippen MR) is 52.5 cm³/mol. The molecule has 0 fully saturated rings. The first-order chi connectivity index (χ1) is 5.76. The number of hydrogen-bond acceptors (Lipinski definition) is 3. The lowest BCUT2D eigenvalue weighted by molar-refractivity contribution is 0.103. The normalized spacial score (nSPS) is 13.8. The molecule has 1 N–H and O–H groups in total. The molecule has 74 valence electrons. The molecular weight excluding hydrogens is 152 g/mol. The van der Waals surface area contributed by atoms with Crippen molar-refractivity contribution in [1.82, 2.24) is 10.2 Å². The topological polar surface area (TPSA) is 24.5 Å². The zero-order chi connectivity index (χ0) is 9.40. The molecule has 3 heteroatoms. The van der Waals surface area contributed by atoms with E-state index in [1.54, 1.807) is 7.11 Å². The molecule has 1 unspecified atom stereocenters. The SMILES string of the molecule is CCN(CCNC)C(C)COC. The van der Waals surface area contributed by atoms with E-state index in [1.165, 1.54) is 0 Å². The molecular formula is C9H22N2O. The Balaban J connectivity index is 3.62. The first kappa shape index (κ1) is 11.9. The summed E-state index contributed by atoms with van der Waals surface area (Å²) in [5, 5.41) is 3.15. The third-order valence-electron chi connectivity index (χ3n) is 2.09. The number of hydrogen-bond donors (Lipinski definition) is 1. The van der Waals surface area contributed by atoms with Gasteiger partial charge < -0.3 is 10.1 Å². The summed E-state index contributed by atoms with van der Waals surface area (Å²) < 4.78 is 5.10. The monoisotopic (exact) mass is 174 g/mol. The minimum atomic E-state index is 0.522. The zero-order valence-electron chi connectivity index (χ0n) is 8.76. The van der Waals surface area contributed by atoms with E-state index in [0.29, 0.717) is 6.04 Å². The second-order valence-corrected chi connectivity index (χ2v) is 3.04. The van der Waals surface area contributed by atoms with Gasteiger partial charge in [-0.3, -0.25) is 4.90 Å². The second kappa shape index (κ2) is 7.53. The van der Waals surface area contributed by atoms with Gasteiger partial charge >= 0.3 is 0 Å². The molecule has 0 aliphatic carbocycles. The van der Waals surface area contributed by atoms with Gasteiger partial charge in [0.15, 0.2) is 0 Å². The van der Waals surface area contributed by atoms with E-state index < -0.39 is 0 Å². The highest BCUT2D eigenvalue weighted by molar-refractivity contribution is 4.65. The van der Waals surface area contributed by atoms with Crippen LogP contribution in [-0.2, 0) is 4.74 Å². The number of methoxy groups -OCH3 is 1. The van der Waals surface area contributed by atoms with E-state index in [-0.39, 0.29) is 0 Å². The summed E-state index contributed by atoms with van der Waals surface area (Å²) in [5.41, 5.74) is 0. The van der Waals surface area contributed by atoms with Crippen molar-refractivity contribution in [2.45, 2.75) is 19.9 Å². The van der Waals surface area contributed by atoms with Gasteiger partial charge in [0.05, 0.1) is 6.61 Å². The third-order valence-corrected chi connectivity index (χ3v) is 2.09. The van der Waals surface area contributed by atoms with Gasteiger partial charge in [-0.1, -0.05) is 6.92 Å². The Bertz CT molecular complexity index is 98.5. The highest BCUT2D eigenvalue weighted by atomic mass is 16.5. The third kappa shape index (κ3) is 4.70. The highest BCUT2D eigenvalue weighted by Gasteiger charge is 2.09. The van der Waals surface area contributed by atoms with Gasteiger partial charge in [0.1, 0.15) is 0 Å². The molecule has 0 aromatic rings. The fourth-order valence-corrected chi connectivity index (χ4v) is 1.29. The molecule has 0 spiro atoms. The van der Waals surface area contributed by atoms with Crippen molar-refractivity contribution in [3.63, 3.8) is 0 Å². The molecule has 0 aliphatic rings. The summed E-state index contributed by atoms with van der Waals surface area (Å²) in [4.78, 5) is 2.40. The van der Waals surface area contributed by atoms with Crippen molar-refractivity contribution in [3.05, 3.63) is 0 Å². The lowest BCUT2D eigenvalue weighted by Crippen LogP contribution is -2.39. The number of rotatable bonds is 7. The predicted octanol–water partition coefficient (Wildman–Crippen LogP) is 0.563. The van der Waals surface area contributed by atoms with E-state index in [1.807, 2.05) is 7.05 Å². The first-order valence-electron chi connectivity index (χ1n) is 4.63. The van der Waals surface area contributed by atoms with Crippen LogP contribution in [0.4, 0.5) is 0 Å². The van der Waals surface area contributed by atoms with E-state index in [2.05, 4.69) is 24.1 Å². The van der Waals surface area contributed by atoms with Gasteiger partial charge in [-0.2, -0.15) is 0 Å².